The highest BCUT2D eigenvalue weighted by Crippen LogP contribution is 2.06. The van der Waals surface area contributed by atoms with E-state index in [1.54, 1.807) is 6.08 Å². The van der Waals surface area contributed by atoms with Crippen molar-refractivity contribution < 1.29 is 9.66 Å². The number of hydrogen-bond donors (Lipinski definition) is 0. The monoisotopic (exact) mass is 223 g/mol. The maximum atomic E-state index is 10.1. The molecular formula is C12H17NO3. The summed E-state index contributed by atoms with van der Waals surface area (Å²) in [4.78, 5) is 9.59. The summed E-state index contributed by atoms with van der Waals surface area (Å²) in [6.45, 7) is 9.91. The van der Waals surface area contributed by atoms with Gasteiger partial charge in [0.05, 0.1) is 11.5 Å². The molecule has 16 heavy (non-hydrogen) atoms. The van der Waals surface area contributed by atoms with Gasteiger partial charge in [-0.1, -0.05) is 32.6 Å². The topological polar surface area (TPSA) is 52.4 Å². The van der Waals surface area contributed by atoms with Crippen LogP contribution in [-0.4, -0.2) is 11.5 Å². The molecule has 0 N–H and O–H groups in total. The molecule has 0 bridgehead atoms. The van der Waals surface area contributed by atoms with Crippen LogP contribution >= 0.6 is 0 Å². The second-order valence-corrected chi connectivity index (χ2v) is 3.12. The minimum atomic E-state index is -0.530. The van der Waals surface area contributed by atoms with Crippen LogP contribution in [0, 0.1) is 10.1 Å². The highest BCUT2D eigenvalue weighted by atomic mass is 16.6. The summed E-state index contributed by atoms with van der Waals surface area (Å²) in [7, 11) is 0. The van der Waals surface area contributed by atoms with E-state index in [1.807, 2.05) is 0 Å². The Morgan fingerprint density at radius 2 is 2.25 bits per heavy atom. The molecule has 4 heteroatoms. The maximum absolute atomic E-state index is 10.1. The molecule has 0 aromatic carbocycles. The third-order valence-corrected chi connectivity index (χ3v) is 1.74. The van der Waals surface area contributed by atoms with Gasteiger partial charge in [-0.05, 0) is 18.1 Å². The van der Waals surface area contributed by atoms with Crippen LogP contribution in [0.25, 0.3) is 0 Å². The van der Waals surface area contributed by atoms with E-state index in [2.05, 4.69) is 20.1 Å². The maximum Gasteiger partial charge on any atom is 0.235 e. The van der Waals surface area contributed by atoms with Gasteiger partial charge >= 0.3 is 0 Å². The first-order valence-corrected chi connectivity index (χ1v) is 5.07. The highest BCUT2D eigenvalue weighted by Gasteiger charge is 1.94. The average Bonchev–Trinajstić information content (AvgIpc) is 2.24. The quantitative estimate of drug-likeness (QED) is 0.209. The minimum absolute atomic E-state index is 0.483. The van der Waals surface area contributed by atoms with Crippen LogP contribution in [0.4, 0.5) is 0 Å². The molecule has 0 saturated carbocycles. The lowest BCUT2D eigenvalue weighted by Crippen LogP contribution is -1.92. The number of hydrogen-bond acceptors (Lipinski definition) is 3. The second kappa shape index (κ2) is 8.47. The van der Waals surface area contributed by atoms with Gasteiger partial charge in [-0.15, -0.1) is 0 Å². The molecule has 0 aliphatic carbocycles. The zero-order chi connectivity index (χ0) is 12.4. The Kier molecular flexibility index (Phi) is 7.49. The van der Waals surface area contributed by atoms with Crippen molar-refractivity contribution >= 4 is 0 Å². The Balaban J connectivity index is 4.28. The van der Waals surface area contributed by atoms with Crippen LogP contribution < -0.4 is 0 Å². The third kappa shape index (κ3) is 7.55. The molecular weight excluding hydrogens is 206 g/mol. The summed E-state index contributed by atoms with van der Waals surface area (Å²) in [6.07, 6.45) is 7.33. The van der Waals surface area contributed by atoms with Crippen LogP contribution in [0.1, 0.15) is 19.8 Å². The van der Waals surface area contributed by atoms with Gasteiger partial charge in [0.25, 0.3) is 0 Å². The smallest absolute Gasteiger partial charge is 0.235 e. The summed E-state index contributed by atoms with van der Waals surface area (Å²) in [6, 6.07) is 0. The second-order valence-electron chi connectivity index (χ2n) is 3.12. The lowest BCUT2D eigenvalue weighted by molar-refractivity contribution is -0.402. The number of ether oxygens (including phenoxy) is 1. The first-order chi connectivity index (χ1) is 7.60. The lowest BCUT2D eigenvalue weighted by atomic mass is 10.2. The number of rotatable bonds is 8. The van der Waals surface area contributed by atoms with Gasteiger partial charge in [0.2, 0.25) is 6.20 Å². The van der Waals surface area contributed by atoms with E-state index >= 15 is 0 Å². The highest BCUT2D eigenvalue weighted by molar-refractivity contribution is 5.33. The van der Waals surface area contributed by atoms with Crippen molar-refractivity contribution in [2.75, 3.05) is 6.61 Å². The SMILES string of the molecule is C=CC(/C=C/[N+](=O)[O-])=C\C(=C)OCCCC. The molecule has 0 aromatic rings. The largest absolute Gasteiger partial charge is 0.494 e. The van der Waals surface area contributed by atoms with Gasteiger partial charge in [0, 0.05) is 6.08 Å². The third-order valence-electron chi connectivity index (χ3n) is 1.74. The van der Waals surface area contributed by atoms with Crippen molar-refractivity contribution in [1.82, 2.24) is 0 Å². The predicted molar refractivity (Wildman–Crippen MR) is 64.4 cm³/mol. The van der Waals surface area contributed by atoms with Gasteiger partial charge in [0.15, 0.2) is 0 Å². The standard InChI is InChI=1S/C12H17NO3/c1-4-6-9-16-11(3)10-12(5-2)7-8-13(14)15/h5,7-8,10H,2-4,6,9H2,1H3/b8-7+,12-10+. The molecule has 0 aliphatic rings. The Bertz CT molecular complexity index is 316. The van der Waals surface area contributed by atoms with Gasteiger partial charge in [-0.3, -0.25) is 10.1 Å². The van der Waals surface area contributed by atoms with Gasteiger partial charge in [-0.2, -0.15) is 0 Å². The predicted octanol–water partition coefficient (Wildman–Crippen LogP) is 3.22. The Labute approximate surface area is 95.8 Å². The van der Waals surface area contributed by atoms with Gasteiger partial charge < -0.3 is 4.74 Å². The van der Waals surface area contributed by atoms with Crippen LogP contribution in [0.5, 0.6) is 0 Å². The van der Waals surface area contributed by atoms with E-state index in [0.717, 1.165) is 19.0 Å². The van der Waals surface area contributed by atoms with Crippen LogP contribution in [0.2, 0.25) is 0 Å². The molecule has 0 atom stereocenters. The van der Waals surface area contributed by atoms with Crippen molar-refractivity contribution in [3.8, 4) is 0 Å². The Morgan fingerprint density at radius 3 is 2.75 bits per heavy atom. The van der Waals surface area contributed by atoms with E-state index in [-0.39, 0.29) is 0 Å². The van der Waals surface area contributed by atoms with E-state index in [1.165, 1.54) is 12.2 Å². The summed E-state index contributed by atoms with van der Waals surface area (Å²) in [5.41, 5.74) is 0.596. The summed E-state index contributed by atoms with van der Waals surface area (Å²) >= 11 is 0. The van der Waals surface area contributed by atoms with E-state index in [9.17, 15) is 10.1 Å². The summed E-state index contributed by atoms with van der Waals surface area (Å²) < 4.78 is 5.30. The average molecular weight is 223 g/mol. The lowest BCUT2D eigenvalue weighted by Gasteiger charge is -2.04. The fraction of sp³-hybridized carbons (Fsp3) is 0.333. The summed E-state index contributed by atoms with van der Waals surface area (Å²) in [5.74, 6) is 0.483. The molecule has 0 unspecified atom stereocenters. The molecule has 0 heterocycles. The first-order valence-electron chi connectivity index (χ1n) is 5.07. The first kappa shape index (κ1) is 14.2. The minimum Gasteiger partial charge on any atom is -0.494 e. The van der Waals surface area contributed by atoms with Crippen LogP contribution in [-0.2, 0) is 4.74 Å². The summed E-state index contributed by atoms with van der Waals surface area (Å²) in [5, 5.41) is 10.1. The van der Waals surface area contributed by atoms with Crippen molar-refractivity contribution in [2.24, 2.45) is 0 Å². The van der Waals surface area contributed by atoms with Crippen LogP contribution in [0.3, 0.4) is 0 Å². The van der Waals surface area contributed by atoms with Crippen molar-refractivity contribution in [3.05, 3.63) is 59.0 Å². The number of unbranched alkanes of at least 4 members (excludes halogenated alkanes) is 1. The molecule has 0 rings (SSSR count). The molecule has 0 saturated heterocycles. The molecule has 0 spiro atoms. The van der Waals surface area contributed by atoms with Crippen molar-refractivity contribution in [1.29, 1.82) is 0 Å². The van der Waals surface area contributed by atoms with E-state index < -0.39 is 4.92 Å². The van der Waals surface area contributed by atoms with Gasteiger partial charge in [0.1, 0.15) is 5.76 Å². The zero-order valence-corrected chi connectivity index (χ0v) is 9.52. The van der Waals surface area contributed by atoms with Crippen LogP contribution in [0.15, 0.2) is 48.9 Å². The van der Waals surface area contributed by atoms with Crippen molar-refractivity contribution in [3.63, 3.8) is 0 Å². The molecule has 0 amide bonds. The number of nitro groups is 1. The van der Waals surface area contributed by atoms with E-state index in [0.29, 0.717) is 17.9 Å². The molecule has 0 aromatic heterocycles. The fourth-order valence-electron chi connectivity index (χ4n) is 0.897. The fourth-order valence-corrected chi connectivity index (χ4v) is 0.897. The van der Waals surface area contributed by atoms with Gasteiger partial charge in [-0.25, -0.2) is 0 Å². The molecule has 88 valence electrons. The normalized spacial score (nSPS) is 11.4. The molecule has 4 nitrogen and oxygen atoms in total. The molecule has 0 aliphatic heterocycles. The Hall–Kier alpha value is -1.84. The van der Waals surface area contributed by atoms with E-state index in [4.69, 9.17) is 4.74 Å². The Morgan fingerprint density at radius 1 is 1.56 bits per heavy atom. The number of nitrogens with zero attached hydrogens (tertiary/aromatic N) is 1. The number of allylic oxidation sites excluding steroid dienone is 4. The van der Waals surface area contributed by atoms with Crippen molar-refractivity contribution in [2.45, 2.75) is 19.8 Å². The molecule has 0 radical (unpaired) electrons. The molecule has 0 fully saturated rings. The zero-order valence-electron chi connectivity index (χ0n) is 9.52.